The van der Waals surface area contributed by atoms with Crippen molar-refractivity contribution in [1.29, 1.82) is 0 Å². The molecule has 0 aromatic rings. The molecule has 33 heavy (non-hydrogen) atoms. The van der Waals surface area contributed by atoms with Crippen LogP contribution in [0.4, 0.5) is 0 Å². The molecule has 0 radical (unpaired) electrons. The normalized spacial score (nSPS) is 17.4. The zero-order chi connectivity index (χ0) is 22.7. The van der Waals surface area contributed by atoms with E-state index in [0.29, 0.717) is 19.5 Å². The SMILES string of the molecule is CCCCCCCCCC[C@H](NC(=O)[C@@H](C)N)C(=O)N1CCNCCNCCNCC1.O.[Zn+2]. The number of unbranched alkanes of at least 4 members (excludes halogenated alkanes) is 7. The van der Waals surface area contributed by atoms with E-state index in [1.54, 1.807) is 6.92 Å². The first kappa shape index (κ1) is 34.5. The molecule has 0 bridgehead atoms. The van der Waals surface area contributed by atoms with Crippen molar-refractivity contribution in [2.75, 3.05) is 52.4 Å². The molecular formula is C23H50N6O3Zn+2. The van der Waals surface area contributed by atoms with Gasteiger partial charge in [0.25, 0.3) is 0 Å². The van der Waals surface area contributed by atoms with E-state index in [-0.39, 0.29) is 36.8 Å². The van der Waals surface area contributed by atoms with Crippen molar-refractivity contribution in [2.45, 2.75) is 83.7 Å². The fourth-order valence-corrected chi connectivity index (χ4v) is 3.75. The second-order valence-corrected chi connectivity index (χ2v) is 8.69. The second kappa shape index (κ2) is 23.1. The predicted molar refractivity (Wildman–Crippen MR) is 132 cm³/mol. The molecule has 1 aliphatic heterocycles. The fraction of sp³-hybridized carbons (Fsp3) is 0.913. The van der Waals surface area contributed by atoms with Gasteiger partial charge in [-0.05, 0) is 13.3 Å². The number of carbonyl (C=O) groups is 2. The van der Waals surface area contributed by atoms with Crippen LogP contribution >= 0.6 is 0 Å². The van der Waals surface area contributed by atoms with Crippen molar-refractivity contribution in [2.24, 2.45) is 5.73 Å². The molecule has 2 atom stereocenters. The van der Waals surface area contributed by atoms with Crippen LogP contribution in [0.3, 0.4) is 0 Å². The average molecular weight is 524 g/mol. The maximum atomic E-state index is 13.3. The van der Waals surface area contributed by atoms with Crippen molar-refractivity contribution in [3.63, 3.8) is 0 Å². The molecule has 8 N–H and O–H groups in total. The van der Waals surface area contributed by atoms with Crippen LogP contribution in [0, 0.1) is 0 Å². The van der Waals surface area contributed by atoms with Crippen LogP contribution in [0.2, 0.25) is 0 Å². The van der Waals surface area contributed by atoms with Crippen LogP contribution in [0.25, 0.3) is 0 Å². The number of nitrogens with one attached hydrogen (secondary N) is 4. The van der Waals surface area contributed by atoms with Gasteiger partial charge < -0.3 is 37.4 Å². The van der Waals surface area contributed by atoms with Crippen molar-refractivity contribution < 1.29 is 34.5 Å². The summed E-state index contributed by atoms with van der Waals surface area (Å²) in [6, 6.07) is -1.11. The Morgan fingerprint density at radius 1 is 0.848 bits per heavy atom. The van der Waals surface area contributed by atoms with Gasteiger partial charge in [0.05, 0.1) is 6.04 Å². The van der Waals surface area contributed by atoms with Crippen LogP contribution in [0.1, 0.15) is 71.6 Å². The van der Waals surface area contributed by atoms with Gasteiger partial charge in [-0.15, -0.1) is 0 Å². The molecular weight excluding hydrogens is 474 g/mol. The van der Waals surface area contributed by atoms with Crippen molar-refractivity contribution in [3.05, 3.63) is 0 Å². The Morgan fingerprint density at radius 3 is 1.79 bits per heavy atom. The average Bonchev–Trinajstić information content (AvgIpc) is 2.74. The minimum atomic E-state index is -0.615. The maximum Gasteiger partial charge on any atom is 2.00 e. The van der Waals surface area contributed by atoms with Crippen LogP contribution in [-0.4, -0.2) is 86.6 Å². The minimum Gasteiger partial charge on any atom is -0.412 e. The van der Waals surface area contributed by atoms with Gasteiger partial charge in [0.1, 0.15) is 6.04 Å². The summed E-state index contributed by atoms with van der Waals surface area (Å²) in [6.45, 7) is 10.3. The predicted octanol–water partition coefficient (Wildman–Crippen LogP) is 0.133. The summed E-state index contributed by atoms with van der Waals surface area (Å²) in [5.41, 5.74) is 5.75. The third kappa shape index (κ3) is 17.5. The molecule has 1 fully saturated rings. The summed E-state index contributed by atoms with van der Waals surface area (Å²) in [7, 11) is 0. The Kier molecular flexibility index (Phi) is 24.2. The number of hydrogen-bond donors (Lipinski definition) is 5. The molecule has 0 saturated carbocycles. The summed E-state index contributed by atoms with van der Waals surface area (Å²) >= 11 is 0. The summed E-state index contributed by atoms with van der Waals surface area (Å²) in [5, 5.41) is 13.0. The molecule has 0 unspecified atom stereocenters. The van der Waals surface area contributed by atoms with E-state index in [1.165, 1.54) is 38.5 Å². The number of hydrogen-bond acceptors (Lipinski definition) is 6. The van der Waals surface area contributed by atoms with E-state index in [0.717, 1.165) is 52.1 Å². The van der Waals surface area contributed by atoms with E-state index < -0.39 is 12.1 Å². The molecule has 0 aromatic carbocycles. The first-order valence-electron chi connectivity index (χ1n) is 12.5. The van der Waals surface area contributed by atoms with E-state index in [1.807, 2.05) is 4.90 Å². The molecule has 9 nitrogen and oxygen atoms in total. The van der Waals surface area contributed by atoms with Crippen molar-refractivity contribution >= 4 is 11.8 Å². The first-order chi connectivity index (χ1) is 15.1. The largest absolute Gasteiger partial charge is 2.00 e. The van der Waals surface area contributed by atoms with E-state index in [2.05, 4.69) is 28.2 Å². The van der Waals surface area contributed by atoms with Crippen LogP contribution in [-0.2, 0) is 29.1 Å². The Hall–Kier alpha value is -0.637. The monoisotopic (exact) mass is 522 g/mol. The van der Waals surface area contributed by atoms with E-state index >= 15 is 0 Å². The number of amides is 2. The second-order valence-electron chi connectivity index (χ2n) is 8.69. The Labute approximate surface area is 214 Å². The van der Waals surface area contributed by atoms with E-state index in [4.69, 9.17) is 5.73 Å². The Balaban J connectivity index is 0. The molecule has 0 aliphatic carbocycles. The van der Waals surface area contributed by atoms with Gasteiger partial charge in [0.2, 0.25) is 11.8 Å². The van der Waals surface area contributed by atoms with Gasteiger partial charge in [-0.25, -0.2) is 0 Å². The van der Waals surface area contributed by atoms with Crippen molar-refractivity contribution in [3.8, 4) is 0 Å². The summed E-state index contributed by atoms with van der Waals surface area (Å²) in [6.07, 6.45) is 10.3. The van der Waals surface area contributed by atoms with E-state index in [9.17, 15) is 9.59 Å². The van der Waals surface area contributed by atoms with Crippen LogP contribution in [0.15, 0.2) is 0 Å². The van der Waals surface area contributed by atoms with Gasteiger partial charge in [-0.1, -0.05) is 58.3 Å². The quantitative estimate of drug-likeness (QED) is 0.182. The smallest absolute Gasteiger partial charge is 0.412 e. The molecule has 1 rings (SSSR count). The summed E-state index contributed by atoms with van der Waals surface area (Å²) < 4.78 is 0. The zero-order valence-electron chi connectivity index (χ0n) is 21.2. The first-order valence-corrected chi connectivity index (χ1v) is 12.5. The number of nitrogens with zero attached hydrogens (tertiary/aromatic N) is 1. The third-order valence-electron chi connectivity index (χ3n) is 5.76. The van der Waals surface area contributed by atoms with Gasteiger partial charge in [0, 0.05) is 52.4 Å². The molecule has 0 aromatic heterocycles. The molecule has 1 saturated heterocycles. The van der Waals surface area contributed by atoms with Gasteiger partial charge in [-0.2, -0.15) is 0 Å². The standard InChI is InChI=1S/C23H48N6O2.H2O.Zn/c1-3-4-5-6-7-8-9-10-11-21(28-22(30)20(2)24)23(31)29-18-16-26-14-12-25-13-15-27-17-19-29;;/h20-21,25-27H,3-19,24H2,1-2H3,(H,28,30);1H2;/q;;+2/t20-,21+;;/m1../s1. The Morgan fingerprint density at radius 2 is 1.30 bits per heavy atom. The molecule has 0 spiro atoms. The molecule has 10 heteroatoms. The van der Waals surface area contributed by atoms with Gasteiger partial charge in [-0.3, -0.25) is 9.59 Å². The van der Waals surface area contributed by atoms with Crippen LogP contribution in [0.5, 0.6) is 0 Å². The molecule has 1 heterocycles. The van der Waals surface area contributed by atoms with Gasteiger partial charge >= 0.3 is 19.5 Å². The molecule has 1 aliphatic rings. The summed E-state index contributed by atoms with van der Waals surface area (Å²) in [5.74, 6) is -0.245. The van der Waals surface area contributed by atoms with Crippen molar-refractivity contribution in [1.82, 2.24) is 26.2 Å². The molecule has 2 amide bonds. The van der Waals surface area contributed by atoms with Crippen LogP contribution < -0.4 is 27.0 Å². The molecule has 190 valence electrons. The number of nitrogens with two attached hydrogens (primary N) is 1. The third-order valence-corrected chi connectivity index (χ3v) is 5.76. The summed E-state index contributed by atoms with van der Waals surface area (Å²) in [4.78, 5) is 27.4. The zero-order valence-corrected chi connectivity index (χ0v) is 24.2. The number of carbonyl (C=O) groups excluding carboxylic acids is 2. The fourth-order valence-electron chi connectivity index (χ4n) is 3.75. The van der Waals surface area contributed by atoms with Gasteiger partial charge in [0.15, 0.2) is 0 Å². The minimum absolute atomic E-state index is 0. The maximum absolute atomic E-state index is 13.3. The Bertz CT molecular complexity index is 473. The number of rotatable bonds is 12. The topological polar surface area (TPSA) is 143 Å².